The summed E-state index contributed by atoms with van der Waals surface area (Å²) in [5.74, 6) is 2.56. The number of para-hydroxylation sites is 1. The van der Waals surface area contributed by atoms with Crippen LogP contribution in [-0.2, 0) is 0 Å². The summed E-state index contributed by atoms with van der Waals surface area (Å²) in [6, 6.07) is 27.5. The Hall–Kier alpha value is -3.32. The molecule has 3 aromatic carbocycles. The summed E-state index contributed by atoms with van der Waals surface area (Å²) >= 11 is 0. The maximum atomic E-state index is 2.58. The summed E-state index contributed by atoms with van der Waals surface area (Å²) in [5.41, 5.74) is 9.49. The van der Waals surface area contributed by atoms with Gasteiger partial charge in [-0.05, 0) is 89.6 Å². The SMILES string of the molecule is Cc1cccc(N(c2ccccc2)C2c3cc(C(C)C4CCC(C)C4)ccc3C=C3C=CC=CC32)c1. The first kappa shape index (κ1) is 23.1. The van der Waals surface area contributed by atoms with Crippen LogP contribution in [0.1, 0.15) is 67.3 Å². The molecule has 3 aliphatic rings. The molecule has 1 saturated carbocycles. The molecule has 36 heavy (non-hydrogen) atoms. The number of hydrogen-bond donors (Lipinski definition) is 0. The lowest BCUT2D eigenvalue weighted by molar-refractivity contribution is 0.442. The molecule has 3 aromatic rings. The summed E-state index contributed by atoms with van der Waals surface area (Å²) in [6.07, 6.45) is 15.6. The van der Waals surface area contributed by atoms with E-state index < -0.39 is 0 Å². The smallest absolute Gasteiger partial charge is 0.0700 e. The highest BCUT2D eigenvalue weighted by molar-refractivity contribution is 5.73. The Labute approximate surface area is 216 Å². The molecule has 0 saturated heterocycles. The second kappa shape index (κ2) is 9.62. The van der Waals surface area contributed by atoms with Gasteiger partial charge in [-0.25, -0.2) is 0 Å². The molecular weight excluding hydrogens is 434 g/mol. The average Bonchev–Trinajstić information content (AvgIpc) is 3.35. The molecule has 0 radical (unpaired) electrons. The number of allylic oxidation sites excluding steroid dienone is 3. The third-order valence-electron chi connectivity index (χ3n) is 8.76. The fourth-order valence-corrected chi connectivity index (χ4v) is 6.76. The van der Waals surface area contributed by atoms with Gasteiger partial charge in [0.2, 0.25) is 0 Å². The molecule has 1 nitrogen and oxygen atoms in total. The molecule has 182 valence electrons. The van der Waals surface area contributed by atoms with E-state index in [1.165, 1.54) is 58.5 Å². The number of fused-ring (bicyclic) bond motifs is 2. The third kappa shape index (κ3) is 4.26. The van der Waals surface area contributed by atoms with Crippen LogP contribution in [0.5, 0.6) is 0 Å². The number of aryl methyl sites for hydroxylation is 1. The molecule has 3 aliphatic carbocycles. The van der Waals surface area contributed by atoms with E-state index in [0.29, 0.717) is 11.8 Å². The van der Waals surface area contributed by atoms with Crippen LogP contribution in [-0.4, -0.2) is 0 Å². The molecule has 5 atom stereocenters. The first-order valence-electron chi connectivity index (χ1n) is 13.7. The van der Waals surface area contributed by atoms with Crippen LogP contribution in [0.2, 0.25) is 0 Å². The lowest BCUT2D eigenvalue weighted by atomic mass is 9.74. The highest BCUT2D eigenvalue weighted by Crippen LogP contribution is 2.49. The zero-order chi connectivity index (χ0) is 24.6. The van der Waals surface area contributed by atoms with Gasteiger partial charge >= 0.3 is 0 Å². The van der Waals surface area contributed by atoms with Gasteiger partial charge in [-0.2, -0.15) is 0 Å². The molecular formula is C35H37N. The van der Waals surface area contributed by atoms with Gasteiger partial charge in [0.25, 0.3) is 0 Å². The van der Waals surface area contributed by atoms with E-state index in [1.807, 2.05) is 0 Å². The molecule has 0 heterocycles. The van der Waals surface area contributed by atoms with Crippen LogP contribution in [0.25, 0.3) is 6.08 Å². The summed E-state index contributed by atoms with van der Waals surface area (Å²) in [6.45, 7) is 7.07. The summed E-state index contributed by atoms with van der Waals surface area (Å²) in [4.78, 5) is 2.58. The lowest BCUT2D eigenvalue weighted by Gasteiger charge is -2.42. The second-order valence-corrected chi connectivity index (χ2v) is 11.3. The Morgan fingerprint density at radius 3 is 2.47 bits per heavy atom. The predicted molar refractivity (Wildman–Crippen MR) is 154 cm³/mol. The summed E-state index contributed by atoms with van der Waals surface area (Å²) in [5, 5.41) is 0. The van der Waals surface area contributed by atoms with Crippen LogP contribution < -0.4 is 4.90 Å². The monoisotopic (exact) mass is 471 g/mol. The van der Waals surface area contributed by atoms with E-state index in [-0.39, 0.29) is 6.04 Å². The number of benzene rings is 3. The zero-order valence-electron chi connectivity index (χ0n) is 21.8. The van der Waals surface area contributed by atoms with Gasteiger partial charge in [0.15, 0.2) is 0 Å². The van der Waals surface area contributed by atoms with E-state index >= 15 is 0 Å². The van der Waals surface area contributed by atoms with Crippen LogP contribution in [0.4, 0.5) is 11.4 Å². The van der Waals surface area contributed by atoms with Gasteiger partial charge in [0, 0.05) is 17.3 Å². The van der Waals surface area contributed by atoms with E-state index in [2.05, 4.69) is 129 Å². The van der Waals surface area contributed by atoms with E-state index in [0.717, 1.165) is 11.8 Å². The van der Waals surface area contributed by atoms with Crippen molar-refractivity contribution in [2.75, 3.05) is 4.90 Å². The Balaban J connectivity index is 1.51. The summed E-state index contributed by atoms with van der Waals surface area (Å²) < 4.78 is 0. The van der Waals surface area contributed by atoms with E-state index in [9.17, 15) is 0 Å². The molecule has 0 aromatic heterocycles. The van der Waals surface area contributed by atoms with Gasteiger partial charge in [-0.3, -0.25) is 0 Å². The van der Waals surface area contributed by atoms with Crippen LogP contribution in [0.15, 0.2) is 103 Å². The quantitative estimate of drug-likeness (QED) is 0.358. The largest absolute Gasteiger partial charge is 0.333 e. The first-order chi connectivity index (χ1) is 17.6. The Bertz CT molecular complexity index is 1330. The number of rotatable bonds is 5. The second-order valence-electron chi connectivity index (χ2n) is 11.3. The maximum absolute atomic E-state index is 2.58. The van der Waals surface area contributed by atoms with Crippen molar-refractivity contribution in [2.45, 2.75) is 52.0 Å². The number of anilines is 2. The number of hydrogen-bond acceptors (Lipinski definition) is 1. The maximum Gasteiger partial charge on any atom is 0.0700 e. The fraction of sp³-hybridized carbons (Fsp3) is 0.314. The fourth-order valence-electron chi connectivity index (χ4n) is 6.76. The van der Waals surface area contributed by atoms with Crippen molar-refractivity contribution in [1.29, 1.82) is 0 Å². The van der Waals surface area contributed by atoms with Crippen molar-refractivity contribution in [3.05, 3.63) is 125 Å². The van der Waals surface area contributed by atoms with Gasteiger partial charge in [-0.15, -0.1) is 0 Å². The van der Waals surface area contributed by atoms with E-state index in [1.54, 1.807) is 0 Å². The third-order valence-corrected chi connectivity index (χ3v) is 8.76. The molecule has 5 unspecified atom stereocenters. The molecule has 1 heteroatoms. The van der Waals surface area contributed by atoms with Crippen LogP contribution in [0, 0.1) is 24.7 Å². The molecule has 0 aliphatic heterocycles. The minimum absolute atomic E-state index is 0.194. The van der Waals surface area contributed by atoms with Crippen molar-refractivity contribution in [1.82, 2.24) is 0 Å². The molecule has 0 amide bonds. The van der Waals surface area contributed by atoms with Gasteiger partial charge < -0.3 is 4.90 Å². The predicted octanol–water partition coefficient (Wildman–Crippen LogP) is 9.55. The van der Waals surface area contributed by atoms with Crippen LogP contribution >= 0.6 is 0 Å². The van der Waals surface area contributed by atoms with Gasteiger partial charge in [0.05, 0.1) is 6.04 Å². The molecule has 0 bridgehead atoms. The zero-order valence-corrected chi connectivity index (χ0v) is 21.8. The van der Waals surface area contributed by atoms with Crippen molar-refractivity contribution in [2.24, 2.45) is 17.8 Å². The Morgan fingerprint density at radius 2 is 1.69 bits per heavy atom. The summed E-state index contributed by atoms with van der Waals surface area (Å²) in [7, 11) is 0. The topological polar surface area (TPSA) is 3.24 Å². The van der Waals surface area contributed by atoms with Crippen molar-refractivity contribution in [3.8, 4) is 0 Å². The molecule has 0 spiro atoms. The van der Waals surface area contributed by atoms with Gasteiger partial charge in [-0.1, -0.05) is 99.2 Å². The Kier molecular flexibility index (Phi) is 6.17. The van der Waals surface area contributed by atoms with Crippen LogP contribution in [0.3, 0.4) is 0 Å². The number of nitrogens with zero attached hydrogens (tertiary/aromatic N) is 1. The van der Waals surface area contributed by atoms with Crippen molar-refractivity contribution < 1.29 is 0 Å². The van der Waals surface area contributed by atoms with Crippen molar-refractivity contribution >= 4 is 17.5 Å². The van der Waals surface area contributed by atoms with Gasteiger partial charge in [0.1, 0.15) is 0 Å². The highest BCUT2D eigenvalue weighted by atomic mass is 15.2. The minimum atomic E-state index is 0.194. The van der Waals surface area contributed by atoms with Crippen molar-refractivity contribution in [3.63, 3.8) is 0 Å². The first-order valence-corrected chi connectivity index (χ1v) is 13.7. The average molecular weight is 472 g/mol. The normalized spacial score (nSPS) is 25.1. The standard InChI is InChI=1S/C35H37N/c1-24-10-9-14-32(21-24)36(31-12-5-4-6-13-31)35-33-15-8-7-11-29(33)22-30-19-18-28(23-34(30)35)26(3)27-17-16-25(2)20-27/h4-15,18-19,21-23,25-27,33,35H,16-17,20H2,1-3H3. The molecule has 1 fully saturated rings. The minimum Gasteiger partial charge on any atom is -0.333 e. The molecule has 0 N–H and O–H groups in total. The molecule has 6 rings (SSSR count). The highest BCUT2D eigenvalue weighted by Gasteiger charge is 2.36. The Morgan fingerprint density at radius 1 is 0.861 bits per heavy atom. The van der Waals surface area contributed by atoms with E-state index in [4.69, 9.17) is 0 Å². The lowest BCUT2D eigenvalue weighted by Crippen LogP contribution is -2.33.